The van der Waals surface area contributed by atoms with Crippen molar-refractivity contribution in [3.05, 3.63) is 72.3 Å². The molecule has 3 heteroatoms. The highest BCUT2D eigenvalue weighted by molar-refractivity contribution is 6.17. The Labute approximate surface area is 139 Å². The van der Waals surface area contributed by atoms with Crippen molar-refractivity contribution in [2.75, 3.05) is 0 Å². The van der Waals surface area contributed by atoms with Crippen LogP contribution in [0, 0.1) is 0 Å². The smallest absolute Gasteiger partial charge is 0.228 e. The van der Waals surface area contributed by atoms with Crippen LogP contribution in [0.5, 0.6) is 0 Å². The van der Waals surface area contributed by atoms with Gasteiger partial charge in [0.2, 0.25) is 5.91 Å². The molecule has 0 radical (unpaired) electrons. The van der Waals surface area contributed by atoms with Crippen molar-refractivity contribution < 1.29 is 9.90 Å². The predicted molar refractivity (Wildman–Crippen MR) is 97.1 cm³/mol. The summed E-state index contributed by atoms with van der Waals surface area (Å²) in [5, 5.41) is 11.8. The fraction of sp³-hybridized carbons (Fsp3) is 0.0952. The first kappa shape index (κ1) is 14.7. The molecule has 0 fully saturated rings. The third kappa shape index (κ3) is 2.06. The van der Waals surface area contributed by atoms with Crippen LogP contribution in [0.25, 0.3) is 32.9 Å². The standard InChI is InChI=1S/C21H17NO2/c1-14(24)22-20-12-5-4-9-17(20)19-11-6-10-18(21(19)22)16-8-3-2-7-15(16)13-23/h2-12,23H,13H2,1H3. The summed E-state index contributed by atoms with van der Waals surface area (Å²) in [6, 6.07) is 21.8. The Morgan fingerprint density at radius 2 is 1.54 bits per heavy atom. The van der Waals surface area contributed by atoms with Crippen LogP contribution < -0.4 is 0 Å². The summed E-state index contributed by atoms with van der Waals surface area (Å²) in [4.78, 5) is 12.4. The fourth-order valence-electron chi connectivity index (χ4n) is 3.48. The SMILES string of the molecule is CC(=O)n1c2ccccc2c2cccc(-c3ccccc3CO)c21. The lowest BCUT2D eigenvalue weighted by molar-refractivity contribution is 0.0946. The Morgan fingerprint density at radius 3 is 2.33 bits per heavy atom. The lowest BCUT2D eigenvalue weighted by Gasteiger charge is -2.11. The molecule has 0 amide bonds. The molecule has 0 aliphatic rings. The molecule has 4 aromatic rings. The summed E-state index contributed by atoms with van der Waals surface area (Å²) in [6.45, 7) is 1.55. The number of hydrogen-bond donors (Lipinski definition) is 1. The van der Waals surface area contributed by atoms with E-state index in [1.807, 2.05) is 66.7 Å². The van der Waals surface area contributed by atoms with E-state index >= 15 is 0 Å². The van der Waals surface area contributed by atoms with E-state index < -0.39 is 0 Å². The van der Waals surface area contributed by atoms with Crippen molar-refractivity contribution in [2.45, 2.75) is 13.5 Å². The maximum atomic E-state index is 12.4. The molecule has 0 saturated heterocycles. The van der Waals surface area contributed by atoms with Crippen molar-refractivity contribution in [1.29, 1.82) is 0 Å². The van der Waals surface area contributed by atoms with Crippen LogP contribution in [0.3, 0.4) is 0 Å². The number of aliphatic hydroxyl groups excluding tert-OH is 1. The van der Waals surface area contributed by atoms with E-state index in [2.05, 4.69) is 0 Å². The first-order valence-corrected chi connectivity index (χ1v) is 7.94. The van der Waals surface area contributed by atoms with Crippen LogP contribution in [0.15, 0.2) is 66.7 Å². The summed E-state index contributed by atoms with van der Waals surface area (Å²) in [7, 11) is 0. The first-order chi connectivity index (χ1) is 11.7. The lowest BCUT2D eigenvalue weighted by atomic mass is 9.97. The van der Waals surface area contributed by atoms with E-state index in [4.69, 9.17) is 0 Å². The Kier molecular flexibility index (Phi) is 3.44. The molecule has 0 spiro atoms. The molecule has 3 aromatic carbocycles. The molecule has 0 atom stereocenters. The van der Waals surface area contributed by atoms with E-state index in [9.17, 15) is 9.90 Å². The number of aromatic nitrogens is 1. The maximum Gasteiger partial charge on any atom is 0.228 e. The topological polar surface area (TPSA) is 42.2 Å². The number of carbonyl (C=O) groups excluding carboxylic acids is 1. The van der Waals surface area contributed by atoms with E-state index in [1.54, 1.807) is 11.5 Å². The van der Waals surface area contributed by atoms with Crippen LogP contribution in [-0.4, -0.2) is 15.6 Å². The number of fused-ring (bicyclic) bond motifs is 3. The molecule has 3 nitrogen and oxygen atoms in total. The van der Waals surface area contributed by atoms with Crippen LogP contribution >= 0.6 is 0 Å². The number of nitrogens with zero attached hydrogens (tertiary/aromatic N) is 1. The predicted octanol–water partition coefficient (Wildman–Crippen LogP) is 4.61. The third-order valence-electron chi connectivity index (χ3n) is 4.49. The second-order valence-electron chi connectivity index (χ2n) is 5.89. The van der Waals surface area contributed by atoms with Gasteiger partial charge in [0.25, 0.3) is 0 Å². The van der Waals surface area contributed by atoms with E-state index in [1.165, 1.54) is 0 Å². The molecular formula is C21H17NO2. The average molecular weight is 315 g/mol. The minimum Gasteiger partial charge on any atom is -0.392 e. The largest absolute Gasteiger partial charge is 0.392 e. The van der Waals surface area contributed by atoms with Crippen molar-refractivity contribution in [2.24, 2.45) is 0 Å². The van der Waals surface area contributed by atoms with Gasteiger partial charge in [0.1, 0.15) is 0 Å². The van der Waals surface area contributed by atoms with Crippen molar-refractivity contribution in [3.63, 3.8) is 0 Å². The molecule has 1 N–H and O–H groups in total. The van der Waals surface area contributed by atoms with Gasteiger partial charge in [0.15, 0.2) is 0 Å². The number of para-hydroxylation sites is 2. The van der Waals surface area contributed by atoms with Crippen LogP contribution in [0.2, 0.25) is 0 Å². The van der Waals surface area contributed by atoms with Crippen LogP contribution in [0.1, 0.15) is 17.3 Å². The summed E-state index contributed by atoms with van der Waals surface area (Å²) in [5.41, 5.74) is 4.57. The molecule has 0 aliphatic carbocycles. The van der Waals surface area contributed by atoms with Gasteiger partial charge >= 0.3 is 0 Å². The van der Waals surface area contributed by atoms with Gasteiger partial charge in [-0.3, -0.25) is 9.36 Å². The Hall–Kier alpha value is -2.91. The molecule has 118 valence electrons. The molecule has 0 aliphatic heterocycles. The van der Waals surface area contributed by atoms with E-state index in [0.29, 0.717) is 0 Å². The number of rotatable bonds is 2. The Morgan fingerprint density at radius 1 is 0.875 bits per heavy atom. The highest BCUT2D eigenvalue weighted by atomic mass is 16.3. The highest BCUT2D eigenvalue weighted by Gasteiger charge is 2.17. The molecule has 0 saturated carbocycles. The van der Waals surface area contributed by atoms with Crippen molar-refractivity contribution in [3.8, 4) is 11.1 Å². The van der Waals surface area contributed by atoms with Gasteiger partial charge in [-0.2, -0.15) is 0 Å². The third-order valence-corrected chi connectivity index (χ3v) is 4.49. The van der Waals surface area contributed by atoms with E-state index in [0.717, 1.165) is 38.5 Å². The zero-order valence-corrected chi connectivity index (χ0v) is 13.4. The minimum absolute atomic E-state index is 0.0184. The van der Waals surface area contributed by atoms with Crippen LogP contribution in [0.4, 0.5) is 0 Å². The monoisotopic (exact) mass is 315 g/mol. The number of benzene rings is 3. The zero-order valence-electron chi connectivity index (χ0n) is 13.4. The molecule has 24 heavy (non-hydrogen) atoms. The highest BCUT2D eigenvalue weighted by Crippen LogP contribution is 2.37. The van der Waals surface area contributed by atoms with Gasteiger partial charge < -0.3 is 5.11 Å². The lowest BCUT2D eigenvalue weighted by Crippen LogP contribution is -2.05. The van der Waals surface area contributed by atoms with Gasteiger partial charge in [0.05, 0.1) is 17.6 Å². The molecule has 0 bridgehead atoms. The van der Waals surface area contributed by atoms with Gasteiger partial charge in [-0.05, 0) is 17.2 Å². The van der Waals surface area contributed by atoms with Crippen molar-refractivity contribution in [1.82, 2.24) is 4.57 Å². The van der Waals surface area contributed by atoms with Crippen molar-refractivity contribution >= 4 is 27.7 Å². The fourth-order valence-corrected chi connectivity index (χ4v) is 3.48. The second-order valence-corrected chi connectivity index (χ2v) is 5.89. The summed E-state index contributed by atoms with van der Waals surface area (Å²) >= 11 is 0. The zero-order chi connectivity index (χ0) is 16.7. The number of carbonyl (C=O) groups is 1. The van der Waals surface area contributed by atoms with Crippen LogP contribution in [-0.2, 0) is 6.61 Å². The average Bonchev–Trinajstić information content (AvgIpc) is 2.96. The van der Waals surface area contributed by atoms with E-state index in [-0.39, 0.29) is 12.5 Å². The van der Waals surface area contributed by atoms with Gasteiger partial charge in [0, 0.05) is 23.3 Å². The molecule has 0 unspecified atom stereocenters. The summed E-state index contributed by atoms with van der Waals surface area (Å²) < 4.78 is 1.77. The number of hydrogen-bond acceptors (Lipinski definition) is 2. The van der Waals surface area contributed by atoms with Gasteiger partial charge in [-0.1, -0.05) is 60.7 Å². The molecule has 1 heterocycles. The molecular weight excluding hydrogens is 298 g/mol. The summed E-state index contributed by atoms with van der Waals surface area (Å²) in [6.07, 6.45) is 0. The van der Waals surface area contributed by atoms with Gasteiger partial charge in [-0.15, -0.1) is 0 Å². The molecule has 1 aromatic heterocycles. The summed E-state index contributed by atoms with van der Waals surface area (Å²) in [5.74, 6) is -0.0184. The minimum atomic E-state index is -0.0349. The quantitative estimate of drug-likeness (QED) is 0.587. The Balaban J connectivity index is 2.21. The maximum absolute atomic E-state index is 12.4. The Bertz CT molecular complexity index is 1080. The molecule has 4 rings (SSSR count). The first-order valence-electron chi connectivity index (χ1n) is 7.94. The number of aliphatic hydroxyl groups is 1. The normalized spacial score (nSPS) is 11.2. The van der Waals surface area contributed by atoms with Gasteiger partial charge in [-0.25, -0.2) is 0 Å². The second kappa shape index (κ2) is 5.62.